The first-order chi connectivity index (χ1) is 6.33. The van der Waals surface area contributed by atoms with Gasteiger partial charge >= 0.3 is 0 Å². The van der Waals surface area contributed by atoms with Crippen LogP contribution in [-0.4, -0.2) is 19.3 Å². The summed E-state index contributed by atoms with van der Waals surface area (Å²) in [6, 6.07) is 8.72. The third-order valence-corrected chi connectivity index (χ3v) is 2.96. The smallest absolute Gasteiger partial charge is 0.00721 e. The highest BCUT2D eigenvalue weighted by Gasteiger charge is 1.92. The van der Waals surface area contributed by atoms with Crippen molar-refractivity contribution in [1.82, 2.24) is 5.32 Å². The van der Waals surface area contributed by atoms with E-state index in [0.29, 0.717) is 0 Å². The molecule has 0 radical (unpaired) electrons. The predicted molar refractivity (Wildman–Crippen MR) is 60.4 cm³/mol. The van der Waals surface area contributed by atoms with Gasteiger partial charge in [0.2, 0.25) is 0 Å². The van der Waals surface area contributed by atoms with Crippen LogP contribution in [0.25, 0.3) is 0 Å². The highest BCUT2D eigenvalue weighted by atomic mass is 32.2. The van der Waals surface area contributed by atoms with E-state index in [2.05, 4.69) is 36.5 Å². The average molecular weight is 195 g/mol. The van der Waals surface area contributed by atoms with Crippen molar-refractivity contribution in [3.05, 3.63) is 29.8 Å². The van der Waals surface area contributed by atoms with Gasteiger partial charge in [-0.25, -0.2) is 0 Å². The van der Waals surface area contributed by atoms with Crippen LogP contribution in [0.3, 0.4) is 0 Å². The number of hydrogen-bond acceptors (Lipinski definition) is 2. The monoisotopic (exact) mass is 195 g/mol. The van der Waals surface area contributed by atoms with Crippen LogP contribution in [-0.2, 0) is 0 Å². The van der Waals surface area contributed by atoms with E-state index in [9.17, 15) is 0 Å². The maximum absolute atomic E-state index is 3.15. The molecule has 72 valence electrons. The number of nitrogens with one attached hydrogen (secondary N) is 1. The minimum absolute atomic E-state index is 1.11. The van der Waals surface area contributed by atoms with Crippen molar-refractivity contribution in [3.8, 4) is 0 Å². The van der Waals surface area contributed by atoms with Crippen LogP contribution >= 0.6 is 11.8 Å². The molecule has 0 aliphatic carbocycles. The van der Waals surface area contributed by atoms with Gasteiger partial charge in [0.1, 0.15) is 0 Å². The quantitative estimate of drug-likeness (QED) is 0.572. The van der Waals surface area contributed by atoms with Gasteiger partial charge < -0.3 is 5.32 Å². The summed E-state index contributed by atoms with van der Waals surface area (Å²) in [5.41, 5.74) is 1.33. The summed E-state index contributed by atoms with van der Waals surface area (Å²) in [6.07, 6.45) is 1.23. The van der Waals surface area contributed by atoms with Gasteiger partial charge in [0.15, 0.2) is 0 Å². The molecule has 0 aliphatic rings. The van der Waals surface area contributed by atoms with Crippen LogP contribution in [0.2, 0.25) is 0 Å². The Bertz CT molecular complexity index is 230. The molecular weight excluding hydrogens is 178 g/mol. The third-order valence-electron chi connectivity index (χ3n) is 1.86. The van der Waals surface area contributed by atoms with Gasteiger partial charge in [-0.1, -0.05) is 17.7 Å². The molecule has 13 heavy (non-hydrogen) atoms. The zero-order chi connectivity index (χ0) is 9.52. The van der Waals surface area contributed by atoms with Gasteiger partial charge in [-0.3, -0.25) is 0 Å². The lowest BCUT2D eigenvalue weighted by Crippen LogP contribution is -2.07. The highest BCUT2D eigenvalue weighted by Crippen LogP contribution is 2.18. The summed E-state index contributed by atoms with van der Waals surface area (Å²) in [5, 5.41) is 3.15. The first-order valence-electron chi connectivity index (χ1n) is 4.67. The van der Waals surface area contributed by atoms with Crippen LogP contribution in [0.1, 0.15) is 12.0 Å². The number of benzene rings is 1. The Hall–Kier alpha value is -0.470. The van der Waals surface area contributed by atoms with E-state index in [-0.39, 0.29) is 0 Å². The second kappa shape index (κ2) is 6.06. The van der Waals surface area contributed by atoms with Gasteiger partial charge in [-0.15, -0.1) is 11.8 Å². The van der Waals surface area contributed by atoms with Crippen LogP contribution in [0.4, 0.5) is 0 Å². The molecule has 0 aromatic heterocycles. The molecule has 1 rings (SSSR count). The molecule has 1 nitrogen and oxygen atoms in total. The van der Waals surface area contributed by atoms with Crippen LogP contribution in [0.15, 0.2) is 29.2 Å². The molecule has 1 N–H and O–H groups in total. The maximum atomic E-state index is 3.15. The lowest BCUT2D eigenvalue weighted by atomic mass is 10.2. The summed E-state index contributed by atoms with van der Waals surface area (Å²) >= 11 is 1.93. The van der Waals surface area contributed by atoms with Crippen molar-refractivity contribution < 1.29 is 0 Å². The van der Waals surface area contributed by atoms with E-state index in [1.807, 2.05) is 18.8 Å². The lowest BCUT2D eigenvalue weighted by Gasteiger charge is -2.01. The molecule has 0 bridgehead atoms. The number of hydrogen-bond donors (Lipinski definition) is 1. The second-order valence-corrected chi connectivity index (χ2v) is 4.29. The van der Waals surface area contributed by atoms with E-state index >= 15 is 0 Å². The summed E-state index contributed by atoms with van der Waals surface area (Å²) < 4.78 is 0. The summed E-state index contributed by atoms with van der Waals surface area (Å²) in [4.78, 5) is 1.38. The first kappa shape index (κ1) is 10.6. The van der Waals surface area contributed by atoms with E-state index in [4.69, 9.17) is 0 Å². The molecule has 0 atom stereocenters. The molecule has 0 saturated carbocycles. The predicted octanol–water partition coefficient (Wildman–Crippen LogP) is 2.70. The molecule has 1 aromatic rings. The zero-order valence-corrected chi connectivity index (χ0v) is 9.16. The second-order valence-electron chi connectivity index (χ2n) is 3.12. The van der Waals surface area contributed by atoms with Crippen molar-refractivity contribution in [2.75, 3.05) is 19.3 Å². The lowest BCUT2D eigenvalue weighted by molar-refractivity contribution is 0.778. The summed E-state index contributed by atoms with van der Waals surface area (Å²) in [6.45, 7) is 3.23. The van der Waals surface area contributed by atoms with Crippen molar-refractivity contribution >= 4 is 11.8 Å². The third kappa shape index (κ3) is 4.34. The Kier molecular flexibility index (Phi) is 4.94. The molecule has 0 aliphatic heterocycles. The summed E-state index contributed by atoms with van der Waals surface area (Å²) in [5.74, 6) is 1.20. The van der Waals surface area contributed by atoms with E-state index in [1.165, 1.54) is 22.6 Å². The average Bonchev–Trinajstić information content (AvgIpc) is 2.15. The van der Waals surface area contributed by atoms with E-state index in [0.717, 1.165) is 6.54 Å². The van der Waals surface area contributed by atoms with Crippen molar-refractivity contribution in [3.63, 3.8) is 0 Å². The number of rotatable bonds is 5. The van der Waals surface area contributed by atoms with Crippen LogP contribution in [0.5, 0.6) is 0 Å². The fourth-order valence-electron chi connectivity index (χ4n) is 1.07. The number of thioether (sulfide) groups is 1. The fourth-order valence-corrected chi connectivity index (χ4v) is 1.93. The Morgan fingerprint density at radius 2 is 1.92 bits per heavy atom. The van der Waals surface area contributed by atoms with Gasteiger partial charge in [0.05, 0.1) is 0 Å². The molecule has 0 heterocycles. The Labute approximate surface area is 84.9 Å². The SMILES string of the molecule is CNCCCSc1ccc(C)cc1. The zero-order valence-electron chi connectivity index (χ0n) is 8.34. The Morgan fingerprint density at radius 1 is 1.23 bits per heavy atom. The van der Waals surface area contributed by atoms with Gasteiger partial charge in [-0.05, 0) is 44.8 Å². The van der Waals surface area contributed by atoms with Gasteiger partial charge in [-0.2, -0.15) is 0 Å². The first-order valence-corrected chi connectivity index (χ1v) is 5.65. The minimum Gasteiger partial charge on any atom is -0.320 e. The molecule has 1 aromatic carbocycles. The van der Waals surface area contributed by atoms with E-state index < -0.39 is 0 Å². The standard InChI is InChI=1S/C11H17NS/c1-10-4-6-11(7-5-10)13-9-3-8-12-2/h4-7,12H,3,8-9H2,1-2H3. The molecule has 0 spiro atoms. The normalized spacial score (nSPS) is 10.3. The van der Waals surface area contributed by atoms with Crippen molar-refractivity contribution in [1.29, 1.82) is 0 Å². The largest absolute Gasteiger partial charge is 0.320 e. The van der Waals surface area contributed by atoms with Crippen LogP contribution < -0.4 is 5.32 Å². The maximum Gasteiger partial charge on any atom is 0.00721 e. The molecular formula is C11H17NS. The molecule has 0 fully saturated rings. The van der Waals surface area contributed by atoms with Crippen LogP contribution in [0, 0.1) is 6.92 Å². The van der Waals surface area contributed by atoms with Gasteiger partial charge in [0, 0.05) is 4.90 Å². The van der Waals surface area contributed by atoms with Crippen molar-refractivity contribution in [2.45, 2.75) is 18.2 Å². The molecule has 0 saturated heterocycles. The fraction of sp³-hybridized carbons (Fsp3) is 0.455. The Morgan fingerprint density at radius 3 is 2.54 bits per heavy atom. The minimum atomic E-state index is 1.11. The molecule has 0 amide bonds. The number of aryl methyl sites for hydroxylation is 1. The Balaban J connectivity index is 2.25. The van der Waals surface area contributed by atoms with E-state index in [1.54, 1.807) is 0 Å². The topological polar surface area (TPSA) is 12.0 Å². The van der Waals surface area contributed by atoms with Gasteiger partial charge in [0.25, 0.3) is 0 Å². The van der Waals surface area contributed by atoms with Crippen molar-refractivity contribution in [2.24, 2.45) is 0 Å². The highest BCUT2D eigenvalue weighted by molar-refractivity contribution is 7.99. The summed E-state index contributed by atoms with van der Waals surface area (Å²) in [7, 11) is 2.00. The molecule has 2 heteroatoms. The molecule has 0 unspecified atom stereocenters.